The van der Waals surface area contributed by atoms with Crippen molar-refractivity contribution < 1.29 is 0 Å². The first-order valence-electron chi connectivity index (χ1n) is 5.62. The molecule has 0 bridgehead atoms. The second-order valence-electron chi connectivity index (χ2n) is 4.69. The predicted octanol–water partition coefficient (Wildman–Crippen LogP) is 0.889. The van der Waals surface area contributed by atoms with E-state index in [9.17, 15) is 0 Å². The van der Waals surface area contributed by atoms with Gasteiger partial charge >= 0.3 is 0 Å². The zero-order chi connectivity index (χ0) is 11.7. The molecule has 5 heteroatoms. The van der Waals surface area contributed by atoms with Crippen molar-refractivity contribution in [1.29, 1.82) is 0 Å². The Morgan fingerprint density at radius 1 is 0.938 bits per heavy atom. The van der Waals surface area contributed by atoms with E-state index >= 15 is 0 Å². The van der Waals surface area contributed by atoms with Crippen LogP contribution in [-0.4, -0.2) is 51.8 Å². The summed E-state index contributed by atoms with van der Waals surface area (Å²) in [5, 5.41) is 0. The van der Waals surface area contributed by atoms with Gasteiger partial charge in [-0.1, -0.05) is 18.2 Å². The average Bonchev–Trinajstić information content (AvgIpc) is 2.16. The first-order chi connectivity index (χ1) is 7.61. The lowest BCUT2D eigenvalue weighted by molar-refractivity contribution is 0.607. The molecule has 1 heterocycles. The second-order valence-corrected chi connectivity index (χ2v) is 4.69. The van der Waals surface area contributed by atoms with E-state index in [1.807, 2.05) is 0 Å². The van der Waals surface area contributed by atoms with Crippen LogP contribution in [0.1, 0.15) is 0 Å². The highest BCUT2D eigenvalue weighted by atomic mass is 15.3. The van der Waals surface area contributed by atoms with Crippen LogP contribution in [0.4, 0.5) is 5.69 Å². The van der Waals surface area contributed by atoms with Gasteiger partial charge in [-0.2, -0.15) is 0 Å². The monoisotopic (exact) mass is 214 g/mol. The number of rotatable bonds is 3. The van der Waals surface area contributed by atoms with E-state index in [4.69, 9.17) is 0 Å². The van der Waals surface area contributed by atoms with Crippen molar-refractivity contribution in [2.24, 2.45) is 0 Å². The third-order valence-electron chi connectivity index (χ3n) is 3.03. The van der Waals surface area contributed by atoms with Crippen molar-refractivity contribution >= 4 is 19.7 Å². The third-order valence-corrected chi connectivity index (χ3v) is 3.03. The molecule has 2 rings (SSSR count). The summed E-state index contributed by atoms with van der Waals surface area (Å²) < 4.78 is 2.42. The van der Waals surface area contributed by atoms with Gasteiger partial charge in [0.05, 0.1) is 0 Å². The van der Waals surface area contributed by atoms with Gasteiger partial charge in [-0.15, -0.1) is 0 Å². The molecule has 0 unspecified atom stereocenters. The quantitative estimate of drug-likeness (QED) is 0.546. The van der Waals surface area contributed by atoms with Crippen LogP contribution in [0.15, 0.2) is 30.3 Å². The van der Waals surface area contributed by atoms with Crippen molar-refractivity contribution in [3.8, 4) is 0 Å². The average molecular weight is 214 g/mol. The van der Waals surface area contributed by atoms with Crippen LogP contribution in [0, 0.1) is 6.22 Å². The molecule has 1 aliphatic rings. The first kappa shape index (κ1) is 11.6. The predicted molar refractivity (Wildman–Crippen MR) is 72.1 cm³/mol. The summed E-state index contributed by atoms with van der Waals surface area (Å²) in [6, 6.07) is 10.6. The number of para-hydroxylation sites is 1. The molecular formula is C11H18B2N3-. The van der Waals surface area contributed by atoms with Crippen LogP contribution in [-0.2, 0) is 0 Å². The highest BCUT2D eigenvalue weighted by molar-refractivity contribution is 7.02. The summed E-state index contributed by atoms with van der Waals surface area (Å²) in [7, 11) is 8.46. The van der Waals surface area contributed by atoms with Gasteiger partial charge in [0.25, 0.3) is 0 Å². The van der Waals surface area contributed by atoms with Crippen LogP contribution in [0.2, 0.25) is 0 Å². The van der Waals surface area contributed by atoms with E-state index in [0.29, 0.717) is 14.0 Å². The van der Waals surface area contributed by atoms with Gasteiger partial charge in [0, 0.05) is 5.69 Å². The first-order valence-corrected chi connectivity index (χ1v) is 5.62. The molecule has 1 fully saturated rings. The molecule has 0 aromatic heterocycles. The molecule has 1 saturated heterocycles. The fraction of sp³-hybridized carbons (Fsp3) is 0.364. The van der Waals surface area contributed by atoms with Gasteiger partial charge in [0.2, 0.25) is 0 Å². The Morgan fingerprint density at radius 3 is 1.88 bits per heavy atom. The smallest absolute Gasteiger partial charge is 0.145 e. The molecule has 1 aromatic rings. The van der Waals surface area contributed by atoms with E-state index < -0.39 is 0 Å². The fourth-order valence-corrected chi connectivity index (χ4v) is 2.14. The van der Waals surface area contributed by atoms with E-state index in [2.05, 4.69) is 79.1 Å². The van der Waals surface area contributed by atoms with Gasteiger partial charge in [-0.05, 0) is 40.3 Å². The SMILES string of the molecule is CN(C)B1[CH-]B(N(C)C)N1c1ccccc1. The Labute approximate surface area is 99.3 Å². The molecule has 1 aliphatic heterocycles. The summed E-state index contributed by atoms with van der Waals surface area (Å²) in [4.78, 5) is 4.46. The number of benzene rings is 1. The summed E-state index contributed by atoms with van der Waals surface area (Å²) in [5.74, 6) is 0. The van der Waals surface area contributed by atoms with E-state index in [1.54, 1.807) is 0 Å². The maximum atomic E-state index is 2.42. The molecule has 0 saturated carbocycles. The zero-order valence-electron chi connectivity index (χ0n) is 10.5. The minimum atomic E-state index is 0.398. The van der Waals surface area contributed by atoms with E-state index in [0.717, 1.165) is 0 Å². The summed E-state index contributed by atoms with van der Waals surface area (Å²) in [6.07, 6.45) is 2.35. The number of nitrogens with zero attached hydrogens (tertiary/aromatic N) is 3. The van der Waals surface area contributed by atoms with Gasteiger partial charge in [0.1, 0.15) is 14.0 Å². The van der Waals surface area contributed by atoms with E-state index in [-0.39, 0.29) is 0 Å². The van der Waals surface area contributed by atoms with Crippen LogP contribution < -0.4 is 4.72 Å². The second kappa shape index (κ2) is 4.52. The third kappa shape index (κ3) is 1.97. The normalized spacial score (nSPS) is 16.0. The van der Waals surface area contributed by atoms with Crippen molar-refractivity contribution in [1.82, 2.24) is 9.62 Å². The topological polar surface area (TPSA) is 9.72 Å². The molecule has 84 valence electrons. The Hall–Kier alpha value is -0.930. The Kier molecular flexibility index (Phi) is 3.26. The highest BCUT2D eigenvalue weighted by Crippen LogP contribution is 2.27. The Balaban J connectivity index is 2.20. The molecule has 0 aliphatic carbocycles. The molecule has 0 amide bonds. The van der Waals surface area contributed by atoms with Crippen molar-refractivity contribution in [2.75, 3.05) is 32.9 Å². The van der Waals surface area contributed by atoms with Crippen LogP contribution in [0.25, 0.3) is 0 Å². The molecule has 0 atom stereocenters. The van der Waals surface area contributed by atoms with Crippen molar-refractivity contribution in [3.63, 3.8) is 0 Å². The minimum absolute atomic E-state index is 0.398. The van der Waals surface area contributed by atoms with Crippen LogP contribution in [0.3, 0.4) is 0 Å². The lowest BCUT2D eigenvalue weighted by Crippen LogP contribution is -2.74. The molecule has 0 radical (unpaired) electrons. The van der Waals surface area contributed by atoms with Crippen LogP contribution in [0.5, 0.6) is 0 Å². The number of anilines is 1. The Morgan fingerprint density at radius 2 is 1.44 bits per heavy atom. The lowest BCUT2D eigenvalue weighted by Gasteiger charge is -2.61. The fourth-order valence-electron chi connectivity index (χ4n) is 2.14. The standard InChI is InChI=1S/C11H18B2N3/c1-14(2)12-10-13(15(3)4)16(12)11-8-6-5-7-9-11/h5-10H,1-4H3/q-1. The lowest BCUT2D eigenvalue weighted by atomic mass is 9.34. The maximum absolute atomic E-state index is 2.42. The maximum Gasteiger partial charge on any atom is 0.145 e. The molecule has 3 nitrogen and oxygen atoms in total. The van der Waals surface area contributed by atoms with Gasteiger partial charge in [-0.25, -0.2) is 0 Å². The zero-order valence-corrected chi connectivity index (χ0v) is 10.5. The van der Waals surface area contributed by atoms with Gasteiger partial charge in [-0.3, -0.25) is 6.22 Å². The summed E-state index contributed by atoms with van der Waals surface area (Å²) in [6.45, 7) is 0.796. The van der Waals surface area contributed by atoms with Crippen molar-refractivity contribution in [2.45, 2.75) is 0 Å². The minimum Gasteiger partial charge on any atom is -0.484 e. The van der Waals surface area contributed by atoms with Gasteiger partial charge in [0.15, 0.2) is 0 Å². The molecule has 16 heavy (non-hydrogen) atoms. The molecule has 1 aromatic carbocycles. The number of hydrogen-bond acceptors (Lipinski definition) is 3. The molecule has 0 N–H and O–H groups in total. The van der Waals surface area contributed by atoms with Crippen molar-refractivity contribution in [3.05, 3.63) is 36.6 Å². The van der Waals surface area contributed by atoms with Gasteiger partial charge < -0.3 is 14.3 Å². The Bertz CT molecular complexity index is 328. The molecular weight excluding hydrogens is 196 g/mol. The van der Waals surface area contributed by atoms with E-state index in [1.165, 1.54) is 5.69 Å². The van der Waals surface area contributed by atoms with Crippen LogP contribution >= 0.6 is 0 Å². The molecule has 0 spiro atoms. The summed E-state index contributed by atoms with van der Waals surface area (Å²) >= 11 is 0. The largest absolute Gasteiger partial charge is 0.484 e. The number of hydrogen-bond donors (Lipinski definition) is 0. The highest BCUT2D eigenvalue weighted by Gasteiger charge is 2.35. The summed E-state index contributed by atoms with van der Waals surface area (Å²) in [5.41, 5.74) is 1.28.